The highest BCUT2D eigenvalue weighted by atomic mass is 16.5. The molecule has 0 saturated carbocycles. The molecule has 2 amide bonds. The average Bonchev–Trinajstić information content (AvgIpc) is 2.79. The summed E-state index contributed by atoms with van der Waals surface area (Å²) in [6, 6.07) is 13.0. The number of para-hydroxylation sites is 2. The van der Waals surface area contributed by atoms with Crippen LogP contribution < -0.4 is 19.5 Å². The molecule has 1 aliphatic rings. The quantitative estimate of drug-likeness (QED) is 0.702. The van der Waals surface area contributed by atoms with Gasteiger partial charge in [0.25, 0.3) is 11.8 Å². The summed E-state index contributed by atoms with van der Waals surface area (Å²) >= 11 is 0. The zero-order valence-corrected chi connectivity index (χ0v) is 18.3. The van der Waals surface area contributed by atoms with Crippen LogP contribution in [0.25, 0.3) is 0 Å². The first kappa shape index (κ1) is 22.5. The van der Waals surface area contributed by atoms with E-state index in [2.05, 4.69) is 5.32 Å². The van der Waals surface area contributed by atoms with Gasteiger partial charge in [-0.2, -0.15) is 0 Å². The van der Waals surface area contributed by atoms with Crippen molar-refractivity contribution in [1.29, 1.82) is 0 Å². The van der Waals surface area contributed by atoms with Crippen molar-refractivity contribution in [3.05, 3.63) is 53.6 Å². The number of rotatable bonds is 8. The minimum Gasteiger partial charge on any atom is -0.493 e. The highest BCUT2D eigenvalue weighted by Crippen LogP contribution is 2.25. The topological polar surface area (TPSA) is 77.1 Å². The summed E-state index contributed by atoms with van der Waals surface area (Å²) in [7, 11) is 1.56. The summed E-state index contributed by atoms with van der Waals surface area (Å²) in [5.41, 5.74) is 2.33. The zero-order chi connectivity index (χ0) is 22.2. The molecule has 1 N–H and O–H groups in total. The summed E-state index contributed by atoms with van der Waals surface area (Å²) < 4.78 is 16.4. The number of likely N-dealkylation sites (tertiary alicyclic amines) is 1. The number of nitrogens with one attached hydrogen (secondary N) is 1. The lowest BCUT2D eigenvalue weighted by molar-refractivity contribution is -0.134. The van der Waals surface area contributed by atoms with Crippen molar-refractivity contribution in [1.82, 2.24) is 10.2 Å². The molecule has 7 heteroatoms. The molecule has 0 aliphatic carbocycles. The van der Waals surface area contributed by atoms with E-state index in [1.165, 1.54) is 5.56 Å². The molecule has 7 nitrogen and oxygen atoms in total. The van der Waals surface area contributed by atoms with Crippen molar-refractivity contribution in [3.8, 4) is 17.2 Å². The summed E-state index contributed by atoms with van der Waals surface area (Å²) in [5.74, 6) is 1.60. The second-order valence-electron chi connectivity index (χ2n) is 7.70. The Hall–Kier alpha value is -3.22. The Labute approximate surface area is 183 Å². The molecule has 0 spiro atoms. The van der Waals surface area contributed by atoms with Crippen molar-refractivity contribution in [2.75, 3.05) is 33.4 Å². The van der Waals surface area contributed by atoms with Gasteiger partial charge in [0.1, 0.15) is 5.75 Å². The Balaban J connectivity index is 1.38. The third kappa shape index (κ3) is 6.38. The number of aryl methyl sites for hydroxylation is 2. The number of piperidine rings is 1. The maximum atomic E-state index is 12.5. The monoisotopic (exact) mass is 426 g/mol. The van der Waals surface area contributed by atoms with Gasteiger partial charge >= 0.3 is 0 Å². The Morgan fingerprint density at radius 3 is 2.35 bits per heavy atom. The number of methoxy groups -OCH3 is 1. The smallest absolute Gasteiger partial charge is 0.260 e. The fourth-order valence-electron chi connectivity index (χ4n) is 3.46. The Bertz CT molecular complexity index is 907. The van der Waals surface area contributed by atoms with Crippen LogP contribution in [0.1, 0.15) is 24.0 Å². The van der Waals surface area contributed by atoms with Crippen LogP contribution in [0.4, 0.5) is 0 Å². The van der Waals surface area contributed by atoms with Gasteiger partial charge in [-0.25, -0.2) is 0 Å². The summed E-state index contributed by atoms with van der Waals surface area (Å²) in [5, 5.41) is 2.98. The molecule has 0 unspecified atom stereocenters. The summed E-state index contributed by atoms with van der Waals surface area (Å²) in [6.07, 6.45) is 1.41. The van der Waals surface area contributed by atoms with Crippen LogP contribution in [0.2, 0.25) is 0 Å². The molecule has 1 heterocycles. The standard InChI is InChI=1S/C24H30N2O5/c1-17-8-9-20(14-18(17)2)30-16-24(28)26-12-10-19(11-13-26)25-23(27)15-31-22-7-5-4-6-21(22)29-3/h4-9,14,19H,10-13,15-16H2,1-3H3,(H,25,27). The van der Waals surface area contributed by atoms with Gasteiger partial charge in [0.15, 0.2) is 24.7 Å². The number of hydrogen-bond donors (Lipinski definition) is 1. The molecule has 0 aromatic heterocycles. The molecular weight excluding hydrogens is 396 g/mol. The van der Waals surface area contributed by atoms with Gasteiger partial charge in [0.2, 0.25) is 0 Å². The Morgan fingerprint density at radius 2 is 1.68 bits per heavy atom. The lowest BCUT2D eigenvalue weighted by atomic mass is 10.1. The largest absolute Gasteiger partial charge is 0.493 e. The predicted octanol–water partition coefficient (Wildman–Crippen LogP) is 2.88. The number of amides is 2. The molecule has 1 aliphatic heterocycles. The fraction of sp³-hybridized carbons (Fsp3) is 0.417. The molecule has 2 aromatic carbocycles. The van der Waals surface area contributed by atoms with Gasteiger partial charge in [0, 0.05) is 19.1 Å². The van der Waals surface area contributed by atoms with Crippen LogP contribution in [0.15, 0.2) is 42.5 Å². The van der Waals surface area contributed by atoms with E-state index in [1.807, 2.05) is 44.2 Å². The van der Waals surface area contributed by atoms with Gasteiger partial charge in [0.05, 0.1) is 7.11 Å². The van der Waals surface area contributed by atoms with E-state index in [9.17, 15) is 9.59 Å². The first-order valence-corrected chi connectivity index (χ1v) is 10.5. The molecular formula is C24H30N2O5. The lowest BCUT2D eigenvalue weighted by Gasteiger charge is -2.32. The van der Waals surface area contributed by atoms with E-state index < -0.39 is 0 Å². The number of ether oxygens (including phenoxy) is 3. The normalized spacial score (nSPS) is 14.1. The van der Waals surface area contributed by atoms with E-state index in [4.69, 9.17) is 14.2 Å². The van der Waals surface area contributed by atoms with Crippen LogP contribution in [0.5, 0.6) is 17.2 Å². The van der Waals surface area contributed by atoms with Crippen molar-refractivity contribution < 1.29 is 23.8 Å². The summed E-state index contributed by atoms with van der Waals surface area (Å²) in [4.78, 5) is 26.5. The zero-order valence-electron chi connectivity index (χ0n) is 18.3. The van der Waals surface area contributed by atoms with E-state index in [0.29, 0.717) is 43.2 Å². The first-order chi connectivity index (χ1) is 15.0. The number of benzene rings is 2. The van der Waals surface area contributed by atoms with E-state index in [0.717, 1.165) is 5.56 Å². The maximum Gasteiger partial charge on any atom is 0.260 e. The molecule has 0 bridgehead atoms. The molecule has 0 atom stereocenters. The average molecular weight is 427 g/mol. The highest BCUT2D eigenvalue weighted by molar-refractivity contribution is 5.79. The number of hydrogen-bond acceptors (Lipinski definition) is 5. The van der Waals surface area contributed by atoms with Gasteiger partial charge in [-0.1, -0.05) is 18.2 Å². The molecule has 2 aromatic rings. The van der Waals surface area contributed by atoms with Crippen molar-refractivity contribution in [2.45, 2.75) is 32.7 Å². The van der Waals surface area contributed by atoms with Crippen molar-refractivity contribution in [3.63, 3.8) is 0 Å². The molecule has 0 radical (unpaired) electrons. The predicted molar refractivity (Wildman–Crippen MR) is 118 cm³/mol. The molecule has 166 valence electrons. The number of carbonyl (C=O) groups excluding carboxylic acids is 2. The van der Waals surface area contributed by atoms with Gasteiger partial charge in [-0.3, -0.25) is 9.59 Å². The lowest BCUT2D eigenvalue weighted by Crippen LogP contribution is -2.48. The molecule has 31 heavy (non-hydrogen) atoms. The van der Waals surface area contributed by atoms with Crippen molar-refractivity contribution >= 4 is 11.8 Å². The van der Waals surface area contributed by atoms with Crippen molar-refractivity contribution in [2.24, 2.45) is 0 Å². The van der Waals surface area contributed by atoms with Crippen LogP contribution in [-0.4, -0.2) is 56.2 Å². The minimum absolute atomic E-state index is 0.0201. The Kier molecular flexibility index (Phi) is 7.76. The van der Waals surface area contributed by atoms with Gasteiger partial charge < -0.3 is 24.4 Å². The van der Waals surface area contributed by atoms with Crippen LogP contribution in [0, 0.1) is 13.8 Å². The van der Waals surface area contributed by atoms with Crippen LogP contribution in [-0.2, 0) is 9.59 Å². The maximum absolute atomic E-state index is 12.5. The Morgan fingerprint density at radius 1 is 0.968 bits per heavy atom. The minimum atomic E-state index is -0.186. The molecule has 1 fully saturated rings. The molecule has 3 rings (SSSR count). The van der Waals surface area contributed by atoms with Gasteiger partial charge in [-0.15, -0.1) is 0 Å². The second-order valence-corrected chi connectivity index (χ2v) is 7.70. The molecule has 1 saturated heterocycles. The number of carbonyl (C=O) groups is 2. The van der Waals surface area contributed by atoms with E-state index in [-0.39, 0.29) is 31.1 Å². The summed E-state index contributed by atoms with van der Waals surface area (Å²) in [6.45, 7) is 5.18. The fourth-order valence-corrected chi connectivity index (χ4v) is 3.46. The number of nitrogens with zero attached hydrogens (tertiary/aromatic N) is 1. The third-order valence-corrected chi connectivity index (χ3v) is 5.48. The second kappa shape index (κ2) is 10.7. The van der Waals surface area contributed by atoms with E-state index >= 15 is 0 Å². The van der Waals surface area contributed by atoms with Crippen LogP contribution in [0.3, 0.4) is 0 Å². The third-order valence-electron chi connectivity index (χ3n) is 5.48. The van der Waals surface area contributed by atoms with Crippen LogP contribution >= 0.6 is 0 Å². The van der Waals surface area contributed by atoms with E-state index in [1.54, 1.807) is 24.1 Å². The first-order valence-electron chi connectivity index (χ1n) is 10.5. The highest BCUT2D eigenvalue weighted by Gasteiger charge is 2.24. The SMILES string of the molecule is COc1ccccc1OCC(=O)NC1CCN(C(=O)COc2ccc(C)c(C)c2)CC1. The van der Waals surface area contributed by atoms with Gasteiger partial charge in [-0.05, 0) is 62.1 Å².